The Labute approximate surface area is 120 Å². The lowest BCUT2D eigenvalue weighted by atomic mass is 10.3. The molecule has 0 amide bonds. The minimum atomic E-state index is -4.26. The van der Waals surface area contributed by atoms with Gasteiger partial charge in [0.05, 0.1) is 6.20 Å². The van der Waals surface area contributed by atoms with Crippen molar-refractivity contribution in [1.29, 1.82) is 0 Å². The van der Waals surface area contributed by atoms with Crippen molar-refractivity contribution in [2.24, 2.45) is 7.05 Å². The summed E-state index contributed by atoms with van der Waals surface area (Å²) in [6.07, 6.45) is -1.47. The summed E-state index contributed by atoms with van der Waals surface area (Å²) in [7, 11) is 1.82. The topological polar surface area (TPSA) is 47.7 Å². The van der Waals surface area contributed by atoms with Crippen LogP contribution in [0.15, 0.2) is 18.5 Å². The van der Waals surface area contributed by atoms with Crippen LogP contribution in [0.1, 0.15) is 11.3 Å². The molecular weight excluding hydrogens is 295 g/mol. The summed E-state index contributed by atoms with van der Waals surface area (Å²) in [6, 6.07) is 1.86. The van der Waals surface area contributed by atoms with E-state index in [1.54, 1.807) is 4.68 Å². The smallest absolute Gasteiger partial charge is 0.364 e. The van der Waals surface area contributed by atoms with Crippen molar-refractivity contribution in [2.75, 3.05) is 5.32 Å². The van der Waals surface area contributed by atoms with Crippen LogP contribution >= 0.6 is 12.4 Å². The Balaban J connectivity index is 0.00000200. The van der Waals surface area contributed by atoms with Gasteiger partial charge in [0.2, 0.25) is 0 Å². The number of halogens is 4. The molecule has 112 valence electrons. The molecule has 2 aromatic rings. The highest BCUT2D eigenvalue weighted by Gasteiger charge is 2.28. The van der Waals surface area contributed by atoms with Crippen LogP contribution in [-0.4, -0.2) is 25.7 Å². The molecule has 20 heavy (non-hydrogen) atoms. The molecule has 0 aromatic carbocycles. The van der Waals surface area contributed by atoms with E-state index < -0.39 is 12.7 Å². The molecule has 9 heteroatoms. The van der Waals surface area contributed by atoms with E-state index in [0.717, 1.165) is 10.4 Å². The summed E-state index contributed by atoms with van der Waals surface area (Å²) in [6.45, 7) is 1.23. The van der Waals surface area contributed by atoms with Crippen molar-refractivity contribution in [2.45, 2.75) is 26.2 Å². The average molecular weight is 310 g/mol. The molecule has 1 N–H and O–H groups in total. The van der Waals surface area contributed by atoms with Gasteiger partial charge in [-0.2, -0.15) is 23.4 Å². The van der Waals surface area contributed by atoms with Crippen molar-refractivity contribution in [3.63, 3.8) is 0 Å². The van der Waals surface area contributed by atoms with Crippen molar-refractivity contribution in [3.8, 4) is 0 Å². The molecule has 0 aliphatic rings. The van der Waals surface area contributed by atoms with Gasteiger partial charge in [0.25, 0.3) is 0 Å². The molecule has 0 radical (unpaired) electrons. The van der Waals surface area contributed by atoms with Gasteiger partial charge in [0.1, 0.15) is 12.4 Å². The number of hydrogen-bond acceptors (Lipinski definition) is 3. The lowest BCUT2D eigenvalue weighted by molar-refractivity contribution is -0.142. The Hall–Kier alpha value is -1.70. The fourth-order valence-corrected chi connectivity index (χ4v) is 1.61. The monoisotopic (exact) mass is 309 g/mol. The zero-order chi connectivity index (χ0) is 14.0. The van der Waals surface area contributed by atoms with Gasteiger partial charge in [-0.1, -0.05) is 0 Å². The SMILES string of the molecule is Cc1cc(NCc2cnn(CC(F)(F)F)c2)nn1C.Cl. The van der Waals surface area contributed by atoms with E-state index in [2.05, 4.69) is 15.5 Å². The highest BCUT2D eigenvalue weighted by Crippen LogP contribution is 2.17. The quantitative estimate of drug-likeness (QED) is 0.944. The van der Waals surface area contributed by atoms with Crippen LogP contribution in [0.4, 0.5) is 19.0 Å². The van der Waals surface area contributed by atoms with E-state index in [-0.39, 0.29) is 12.4 Å². The summed E-state index contributed by atoms with van der Waals surface area (Å²) < 4.78 is 39.1. The summed E-state index contributed by atoms with van der Waals surface area (Å²) in [5.74, 6) is 0.684. The van der Waals surface area contributed by atoms with Crippen LogP contribution in [0, 0.1) is 6.92 Å². The lowest BCUT2D eigenvalue weighted by Gasteiger charge is -2.05. The van der Waals surface area contributed by atoms with Gasteiger partial charge >= 0.3 is 6.18 Å². The number of anilines is 1. The first-order valence-corrected chi connectivity index (χ1v) is 5.66. The van der Waals surface area contributed by atoms with Crippen molar-refractivity contribution < 1.29 is 13.2 Å². The highest BCUT2D eigenvalue weighted by molar-refractivity contribution is 5.85. The number of hydrogen-bond donors (Lipinski definition) is 1. The standard InChI is InChI=1S/C11H14F3N5.ClH/c1-8-3-10(17-18(8)2)15-4-9-5-16-19(6-9)7-11(12,13)14;/h3,5-6H,4,7H2,1-2H3,(H,15,17);1H. The second-order valence-corrected chi connectivity index (χ2v) is 4.31. The van der Waals surface area contributed by atoms with Crippen LogP contribution in [-0.2, 0) is 20.1 Å². The van der Waals surface area contributed by atoms with E-state index in [0.29, 0.717) is 17.9 Å². The van der Waals surface area contributed by atoms with Gasteiger partial charge in [-0.15, -0.1) is 12.4 Å². The molecule has 0 atom stereocenters. The molecule has 0 saturated carbocycles. The minimum Gasteiger partial charge on any atom is -0.364 e. The summed E-state index contributed by atoms with van der Waals surface area (Å²) >= 11 is 0. The maximum atomic E-state index is 12.2. The second kappa shape index (κ2) is 6.17. The third kappa shape index (κ3) is 4.44. The first-order valence-electron chi connectivity index (χ1n) is 5.66. The van der Waals surface area contributed by atoms with E-state index in [9.17, 15) is 13.2 Å². The van der Waals surface area contributed by atoms with E-state index >= 15 is 0 Å². The molecule has 2 aromatic heterocycles. The van der Waals surface area contributed by atoms with Gasteiger partial charge in [-0.05, 0) is 6.92 Å². The Kier molecular flexibility index (Phi) is 5.04. The van der Waals surface area contributed by atoms with Crippen molar-refractivity contribution >= 4 is 18.2 Å². The molecule has 0 fully saturated rings. The van der Waals surface area contributed by atoms with Crippen LogP contribution in [0.2, 0.25) is 0 Å². The molecule has 0 spiro atoms. The normalized spacial score (nSPS) is 11.2. The van der Waals surface area contributed by atoms with Crippen molar-refractivity contribution in [3.05, 3.63) is 29.7 Å². The van der Waals surface area contributed by atoms with E-state index in [1.165, 1.54) is 12.4 Å². The average Bonchev–Trinajstić information content (AvgIpc) is 2.82. The van der Waals surface area contributed by atoms with Gasteiger partial charge in [0.15, 0.2) is 0 Å². The third-order valence-corrected chi connectivity index (χ3v) is 2.62. The maximum Gasteiger partial charge on any atom is 0.408 e. The minimum absolute atomic E-state index is 0. The molecule has 0 unspecified atom stereocenters. The number of aromatic nitrogens is 4. The molecule has 2 rings (SSSR count). The van der Waals surface area contributed by atoms with Crippen LogP contribution < -0.4 is 5.32 Å². The number of nitrogens with one attached hydrogen (secondary N) is 1. The Morgan fingerprint density at radius 1 is 1.35 bits per heavy atom. The summed E-state index contributed by atoms with van der Waals surface area (Å²) in [5.41, 5.74) is 1.67. The predicted molar refractivity (Wildman–Crippen MR) is 70.8 cm³/mol. The number of nitrogens with zero attached hydrogens (tertiary/aromatic N) is 4. The van der Waals surface area contributed by atoms with Crippen LogP contribution in [0.25, 0.3) is 0 Å². The molecule has 0 bridgehead atoms. The molecule has 5 nitrogen and oxygen atoms in total. The Morgan fingerprint density at radius 3 is 2.60 bits per heavy atom. The Morgan fingerprint density at radius 2 is 2.05 bits per heavy atom. The third-order valence-electron chi connectivity index (χ3n) is 2.62. The summed E-state index contributed by atoms with van der Waals surface area (Å²) in [5, 5.41) is 10.9. The van der Waals surface area contributed by atoms with E-state index in [4.69, 9.17) is 0 Å². The fourth-order valence-electron chi connectivity index (χ4n) is 1.61. The number of rotatable bonds is 4. The molecule has 2 heterocycles. The van der Waals surface area contributed by atoms with Crippen molar-refractivity contribution in [1.82, 2.24) is 19.6 Å². The molecular formula is C11H15ClF3N5. The van der Waals surface area contributed by atoms with E-state index in [1.807, 2.05) is 20.0 Å². The van der Waals surface area contributed by atoms with Gasteiger partial charge in [-0.3, -0.25) is 9.36 Å². The number of aryl methyl sites for hydroxylation is 2. The fraction of sp³-hybridized carbons (Fsp3) is 0.455. The first-order chi connectivity index (χ1) is 8.83. The zero-order valence-electron chi connectivity index (χ0n) is 11.0. The Bertz CT molecular complexity index is 541. The van der Waals surface area contributed by atoms with Gasteiger partial charge < -0.3 is 5.32 Å². The first kappa shape index (κ1) is 16.4. The predicted octanol–water partition coefficient (Wildman–Crippen LogP) is 2.52. The molecule has 0 saturated heterocycles. The van der Waals surface area contributed by atoms with Crippen LogP contribution in [0.3, 0.4) is 0 Å². The molecule has 0 aliphatic carbocycles. The largest absolute Gasteiger partial charge is 0.408 e. The lowest BCUT2D eigenvalue weighted by Crippen LogP contribution is -2.17. The maximum absolute atomic E-state index is 12.2. The van der Waals surface area contributed by atoms with Crippen LogP contribution in [0.5, 0.6) is 0 Å². The molecule has 0 aliphatic heterocycles. The summed E-state index contributed by atoms with van der Waals surface area (Å²) in [4.78, 5) is 0. The van der Waals surface area contributed by atoms with Gasteiger partial charge in [0, 0.05) is 37.1 Å². The number of alkyl halides is 3. The highest BCUT2D eigenvalue weighted by atomic mass is 35.5. The van der Waals surface area contributed by atoms with Gasteiger partial charge in [-0.25, -0.2) is 0 Å². The second-order valence-electron chi connectivity index (χ2n) is 4.31. The zero-order valence-corrected chi connectivity index (χ0v) is 11.8.